The summed E-state index contributed by atoms with van der Waals surface area (Å²) in [7, 11) is 4.40. The van der Waals surface area contributed by atoms with Crippen LogP contribution in [0.2, 0.25) is 0 Å². The lowest BCUT2D eigenvalue weighted by Gasteiger charge is -2.18. The summed E-state index contributed by atoms with van der Waals surface area (Å²) in [6.45, 7) is 1.85. The number of nitrogens with zero attached hydrogens (tertiary/aromatic N) is 2. The molecule has 5 N–H and O–H groups in total. The third kappa shape index (κ3) is 4.76. The second-order valence-electron chi connectivity index (χ2n) is 6.28. The number of ether oxygens (including phenoxy) is 1. The number of carbonyl (C=O) groups is 2. The number of nitrogen functional groups attached to an aromatic ring is 1. The number of aromatic nitrogens is 1. The number of nitrogens with one attached hydrogen (secondary N) is 3. The van der Waals surface area contributed by atoms with Crippen molar-refractivity contribution in [3.63, 3.8) is 0 Å². The maximum Gasteiger partial charge on any atom is 0.320 e. The molecule has 1 atom stereocenters. The number of amides is 3. The number of anilines is 2. The van der Waals surface area contributed by atoms with E-state index in [0.29, 0.717) is 0 Å². The van der Waals surface area contributed by atoms with Gasteiger partial charge in [0.2, 0.25) is 5.90 Å². The van der Waals surface area contributed by atoms with Crippen LogP contribution >= 0.6 is 0 Å². The molecule has 0 spiro atoms. The van der Waals surface area contributed by atoms with Crippen LogP contribution in [0.3, 0.4) is 0 Å². The smallest absolute Gasteiger partial charge is 0.320 e. The lowest BCUT2D eigenvalue weighted by Crippen LogP contribution is -2.32. The molecular formula is C19H24N6O3. The number of carbonyl (C=O) groups excluding carboxylic acids is 2. The summed E-state index contributed by atoms with van der Waals surface area (Å²) in [5, 5.41) is 13.3. The molecule has 1 aromatic carbocycles. The molecule has 1 aromatic heterocycles. The monoisotopic (exact) mass is 384 g/mol. The lowest BCUT2D eigenvalue weighted by atomic mass is 10.1. The van der Waals surface area contributed by atoms with Crippen molar-refractivity contribution < 1.29 is 14.3 Å². The van der Waals surface area contributed by atoms with Gasteiger partial charge in [0.15, 0.2) is 0 Å². The number of hydrogen-bond acceptors (Lipinski definition) is 6. The topological polar surface area (TPSA) is 133 Å². The van der Waals surface area contributed by atoms with E-state index >= 15 is 0 Å². The Labute approximate surface area is 163 Å². The van der Waals surface area contributed by atoms with Crippen LogP contribution in [0.4, 0.5) is 16.3 Å². The SMILES string of the molecule is COC(=N)c1c(N)cc(NC(=O)NC(C)c2ccccc2)nc1C(=O)N(C)C. The zero-order chi connectivity index (χ0) is 20.8. The summed E-state index contributed by atoms with van der Waals surface area (Å²) < 4.78 is 4.90. The molecule has 2 aromatic rings. The quantitative estimate of drug-likeness (QED) is 0.463. The highest BCUT2D eigenvalue weighted by Gasteiger charge is 2.23. The fourth-order valence-corrected chi connectivity index (χ4v) is 2.51. The minimum Gasteiger partial charge on any atom is -0.481 e. The number of pyridine rings is 1. The van der Waals surface area contributed by atoms with Crippen LogP contribution in [0.25, 0.3) is 0 Å². The number of nitrogens with two attached hydrogens (primary N) is 1. The standard InChI is InChI=1S/C19H24N6O3/c1-11(12-8-6-5-7-9-12)22-19(27)24-14-10-13(20)15(17(21)28-4)16(23-14)18(26)25(2)3/h5-11,21H,1-4H3,(H4,20,22,23,24,27). The Kier molecular flexibility index (Phi) is 6.54. The summed E-state index contributed by atoms with van der Waals surface area (Å²) in [5.41, 5.74) is 7.03. The zero-order valence-corrected chi connectivity index (χ0v) is 16.2. The Morgan fingerprint density at radius 2 is 1.89 bits per heavy atom. The van der Waals surface area contributed by atoms with Gasteiger partial charge in [0.1, 0.15) is 11.5 Å². The average Bonchev–Trinajstić information content (AvgIpc) is 2.66. The van der Waals surface area contributed by atoms with E-state index in [0.717, 1.165) is 5.56 Å². The molecule has 1 unspecified atom stereocenters. The summed E-state index contributed by atoms with van der Waals surface area (Å²) in [4.78, 5) is 30.3. The molecule has 0 saturated carbocycles. The third-order valence-corrected chi connectivity index (χ3v) is 3.98. The molecule has 0 aliphatic heterocycles. The van der Waals surface area contributed by atoms with Crippen LogP contribution in [0.1, 0.15) is 34.6 Å². The van der Waals surface area contributed by atoms with Crippen LogP contribution in [0.15, 0.2) is 36.4 Å². The Morgan fingerprint density at radius 1 is 1.25 bits per heavy atom. The Morgan fingerprint density at radius 3 is 2.46 bits per heavy atom. The normalized spacial score (nSPS) is 11.3. The summed E-state index contributed by atoms with van der Waals surface area (Å²) in [6, 6.07) is 10.1. The van der Waals surface area contributed by atoms with E-state index in [1.54, 1.807) is 14.1 Å². The van der Waals surface area contributed by atoms with Crippen molar-refractivity contribution in [3.05, 3.63) is 53.2 Å². The molecule has 9 nitrogen and oxygen atoms in total. The largest absolute Gasteiger partial charge is 0.481 e. The molecule has 2 rings (SSSR count). The molecule has 1 heterocycles. The third-order valence-electron chi connectivity index (χ3n) is 3.98. The molecule has 148 valence electrons. The van der Waals surface area contributed by atoms with Gasteiger partial charge in [-0.15, -0.1) is 0 Å². The second-order valence-corrected chi connectivity index (χ2v) is 6.28. The van der Waals surface area contributed by atoms with Gasteiger partial charge in [-0.25, -0.2) is 9.78 Å². The van der Waals surface area contributed by atoms with Crippen molar-refractivity contribution in [1.82, 2.24) is 15.2 Å². The van der Waals surface area contributed by atoms with Crippen LogP contribution in [0, 0.1) is 5.41 Å². The number of rotatable bonds is 5. The fraction of sp³-hybridized carbons (Fsp3) is 0.263. The predicted molar refractivity (Wildman–Crippen MR) is 108 cm³/mol. The van der Waals surface area contributed by atoms with E-state index in [4.69, 9.17) is 15.9 Å². The number of urea groups is 1. The van der Waals surface area contributed by atoms with Gasteiger partial charge in [-0.2, -0.15) is 0 Å². The molecule has 0 fully saturated rings. The fourth-order valence-electron chi connectivity index (χ4n) is 2.51. The Balaban J connectivity index is 2.27. The second kappa shape index (κ2) is 8.85. The Hall–Kier alpha value is -3.62. The van der Waals surface area contributed by atoms with Gasteiger partial charge in [-0.1, -0.05) is 30.3 Å². The highest BCUT2D eigenvalue weighted by Crippen LogP contribution is 2.22. The van der Waals surface area contributed by atoms with Gasteiger partial charge < -0.3 is 20.7 Å². The van der Waals surface area contributed by atoms with Gasteiger partial charge in [-0.3, -0.25) is 15.5 Å². The van der Waals surface area contributed by atoms with Gasteiger partial charge >= 0.3 is 6.03 Å². The maximum absolute atomic E-state index is 12.5. The maximum atomic E-state index is 12.5. The minimum atomic E-state index is -0.499. The first-order valence-corrected chi connectivity index (χ1v) is 8.52. The van der Waals surface area contributed by atoms with E-state index < -0.39 is 11.9 Å². The zero-order valence-electron chi connectivity index (χ0n) is 16.2. The summed E-state index contributed by atoms with van der Waals surface area (Å²) in [6.07, 6.45) is 0. The molecule has 3 amide bonds. The highest BCUT2D eigenvalue weighted by molar-refractivity contribution is 6.08. The first kappa shape index (κ1) is 20.7. The van der Waals surface area contributed by atoms with E-state index in [1.807, 2.05) is 37.3 Å². The summed E-state index contributed by atoms with van der Waals surface area (Å²) >= 11 is 0. The molecular weight excluding hydrogens is 360 g/mol. The predicted octanol–water partition coefficient (Wildman–Crippen LogP) is 2.22. The molecule has 0 aliphatic carbocycles. The van der Waals surface area contributed by atoms with Crippen molar-refractivity contribution in [3.8, 4) is 0 Å². The molecule has 0 saturated heterocycles. The van der Waals surface area contributed by atoms with Crippen LogP contribution in [-0.2, 0) is 4.74 Å². The Bertz CT molecular complexity index is 883. The van der Waals surface area contributed by atoms with Crippen LogP contribution in [-0.4, -0.2) is 48.9 Å². The number of methoxy groups -OCH3 is 1. The van der Waals surface area contributed by atoms with E-state index in [9.17, 15) is 9.59 Å². The van der Waals surface area contributed by atoms with Gasteiger partial charge in [0.05, 0.1) is 24.4 Å². The highest BCUT2D eigenvalue weighted by atomic mass is 16.5. The molecule has 0 radical (unpaired) electrons. The van der Waals surface area contributed by atoms with Crippen LogP contribution in [0.5, 0.6) is 0 Å². The minimum absolute atomic E-state index is 0.0739. The molecule has 9 heteroatoms. The van der Waals surface area contributed by atoms with E-state index in [-0.39, 0.29) is 34.7 Å². The van der Waals surface area contributed by atoms with Crippen molar-refractivity contribution >= 4 is 29.3 Å². The van der Waals surface area contributed by atoms with Crippen molar-refractivity contribution in [2.75, 3.05) is 32.3 Å². The van der Waals surface area contributed by atoms with Gasteiger partial charge in [0.25, 0.3) is 5.91 Å². The first-order valence-electron chi connectivity index (χ1n) is 8.52. The van der Waals surface area contributed by atoms with Crippen molar-refractivity contribution in [2.45, 2.75) is 13.0 Å². The molecule has 0 bridgehead atoms. The molecule has 28 heavy (non-hydrogen) atoms. The lowest BCUT2D eigenvalue weighted by molar-refractivity contribution is 0.0821. The van der Waals surface area contributed by atoms with E-state index in [2.05, 4.69) is 15.6 Å². The van der Waals surface area contributed by atoms with Crippen LogP contribution < -0.4 is 16.4 Å². The number of hydrogen-bond donors (Lipinski definition) is 4. The first-order chi connectivity index (χ1) is 13.2. The van der Waals surface area contributed by atoms with Gasteiger partial charge in [-0.05, 0) is 12.5 Å². The summed E-state index contributed by atoms with van der Waals surface area (Å²) in [5.74, 6) is -0.665. The van der Waals surface area contributed by atoms with E-state index in [1.165, 1.54) is 18.1 Å². The number of benzene rings is 1. The average molecular weight is 384 g/mol. The molecule has 0 aliphatic rings. The van der Waals surface area contributed by atoms with Gasteiger partial charge in [0, 0.05) is 20.2 Å². The van der Waals surface area contributed by atoms with Crippen molar-refractivity contribution in [2.24, 2.45) is 0 Å². The van der Waals surface area contributed by atoms with Crippen molar-refractivity contribution in [1.29, 1.82) is 5.41 Å².